The van der Waals surface area contributed by atoms with E-state index in [0.717, 1.165) is 19.6 Å². The molecule has 7 nitrogen and oxygen atoms in total. The van der Waals surface area contributed by atoms with Crippen molar-refractivity contribution in [2.24, 2.45) is 5.92 Å². The van der Waals surface area contributed by atoms with Gasteiger partial charge in [-0.2, -0.15) is 11.3 Å². The van der Waals surface area contributed by atoms with Crippen molar-refractivity contribution in [3.8, 4) is 0 Å². The second kappa shape index (κ2) is 7.52. The van der Waals surface area contributed by atoms with Gasteiger partial charge in [-0.25, -0.2) is 8.42 Å². The summed E-state index contributed by atoms with van der Waals surface area (Å²) >= 11 is 1.70. The second-order valence-corrected chi connectivity index (χ2v) is 10.7. The van der Waals surface area contributed by atoms with E-state index >= 15 is 0 Å². The van der Waals surface area contributed by atoms with Crippen molar-refractivity contribution in [1.29, 1.82) is 0 Å². The number of amides is 2. The number of nitrogens with zero attached hydrogens (tertiary/aromatic N) is 3. The zero-order chi connectivity index (χ0) is 19.0. The highest BCUT2D eigenvalue weighted by molar-refractivity contribution is 7.91. The molecule has 4 rings (SSSR count). The number of hydrogen-bond donors (Lipinski definition) is 0. The number of thiophene rings is 1. The van der Waals surface area contributed by atoms with Crippen LogP contribution in [0, 0.1) is 5.92 Å². The van der Waals surface area contributed by atoms with Crippen LogP contribution in [0.2, 0.25) is 0 Å². The van der Waals surface area contributed by atoms with E-state index in [0.29, 0.717) is 26.1 Å². The van der Waals surface area contributed by atoms with Gasteiger partial charge in [0, 0.05) is 51.7 Å². The average molecular weight is 412 g/mol. The smallest absolute Gasteiger partial charge is 0.228 e. The molecule has 2 atom stereocenters. The van der Waals surface area contributed by atoms with Gasteiger partial charge in [-0.3, -0.25) is 14.5 Å². The van der Waals surface area contributed by atoms with Gasteiger partial charge < -0.3 is 9.80 Å². The monoisotopic (exact) mass is 411 g/mol. The molecular formula is C18H25N3O4S2. The minimum Gasteiger partial charge on any atom is -0.340 e. The Labute approximate surface area is 163 Å². The van der Waals surface area contributed by atoms with Crippen molar-refractivity contribution >= 4 is 33.0 Å². The third-order valence-electron chi connectivity index (χ3n) is 5.83. The predicted molar refractivity (Wildman–Crippen MR) is 103 cm³/mol. The molecule has 0 spiro atoms. The van der Waals surface area contributed by atoms with Crippen molar-refractivity contribution in [1.82, 2.24) is 14.7 Å². The zero-order valence-electron chi connectivity index (χ0n) is 15.2. The summed E-state index contributed by atoms with van der Waals surface area (Å²) in [6.07, 6.45) is 0.709. The van der Waals surface area contributed by atoms with Gasteiger partial charge in [0.05, 0.1) is 17.4 Å². The van der Waals surface area contributed by atoms with E-state index in [4.69, 9.17) is 0 Å². The summed E-state index contributed by atoms with van der Waals surface area (Å²) in [5.41, 5.74) is 1.31. The van der Waals surface area contributed by atoms with Crippen LogP contribution in [0.4, 0.5) is 0 Å². The molecule has 0 aliphatic carbocycles. The predicted octanol–water partition coefficient (Wildman–Crippen LogP) is 0.428. The first kappa shape index (κ1) is 18.9. The lowest BCUT2D eigenvalue weighted by molar-refractivity contribution is -0.137. The molecule has 1 aromatic heterocycles. The third kappa shape index (κ3) is 4.20. The maximum atomic E-state index is 12.9. The lowest BCUT2D eigenvalue weighted by Gasteiger charge is -2.35. The number of carbonyl (C=O) groups is 2. The molecule has 4 heterocycles. The van der Waals surface area contributed by atoms with Gasteiger partial charge in [-0.15, -0.1) is 0 Å². The highest BCUT2D eigenvalue weighted by Crippen LogP contribution is 2.27. The number of hydrogen-bond acceptors (Lipinski definition) is 6. The Morgan fingerprint density at radius 3 is 2.63 bits per heavy atom. The molecule has 9 heteroatoms. The molecule has 0 unspecified atom stereocenters. The van der Waals surface area contributed by atoms with Crippen molar-refractivity contribution in [2.75, 3.05) is 44.2 Å². The van der Waals surface area contributed by atoms with Gasteiger partial charge in [0.15, 0.2) is 9.84 Å². The van der Waals surface area contributed by atoms with E-state index in [1.54, 1.807) is 16.2 Å². The molecule has 3 saturated heterocycles. The van der Waals surface area contributed by atoms with Crippen LogP contribution in [0.5, 0.6) is 0 Å². The molecule has 0 saturated carbocycles. The maximum Gasteiger partial charge on any atom is 0.228 e. The SMILES string of the molecule is O=C([C@H]1CC(=O)N([C@@H]2CCS(=O)(=O)C2)C1)N1CCN(Cc2ccsc2)CC1. The van der Waals surface area contributed by atoms with Crippen LogP contribution in [0.25, 0.3) is 0 Å². The zero-order valence-corrected chi connectivity index (χ0v) is 16.9. The highest BCUT2D eigenvalue weighted by atomic mass is 32.2. The Kier molecular flexibility index (Phi) is 5.26. The van der Waals surface area contributed by atoms with Gasteiger partial charge in [0.1, 0.15) is 0 Å². The number of piperazine rings is 1. The van der Waals surface area contributed by atoms with Crippen LogP contribution in [0.1, 0.15) is 18.4 Å². The number of rotatable bonds is 4. The molecule has 3 aliphatic heterocycles. The fraction of sp³-hybridized carbons (Fsp3) is 0.667. The molecule has 3 aliphatic rings. The van der Waals surface area contributed by atoms with Crippen molar-refractivity contribution in [3.05, 3.63) is 22.4 Å². The Hall–Kier alpha value is -1.45. The fourth-order valence-corrected chi connectivity index (χ4v) is 6.69. The van der Waals surface area contributed by atoms with Gasteiger partial charge in [-0.1, -0.05) is 0 Å². The average Bonchev–Trinajstić information content (AvgIpc) is 3.35. The normalized spacial score (nSPS) is 28.8. The summed E-state index contributed by atoms with van der Waals surface area (Å²) in [5, 5.41) is 4.23. The topological polar surface area (TPSA) is 78.0 Å². The van der Waals surface area contributed by atoms with Gasteiger partial charge >= 0.3 is 0 Å². The molecule has 148 valence electrons. The first-order valence-electron chi connectivity index (χ1n) is 9.43. The van der Waals surface area contributed by atoms with E-state index in [1.807, 2.05) is 4.90 Å². The van der Waals surface area contributed by atoms with Gasteiger partial charge in [0.2, 0.25) is 11.8 Å². The molecule has 0 radical (unpaired) electrons. The molecule has 0 aromatic carbocycles. The van der Waals surface area contributed by atoms with E-state index in [-0.39, 0.29) is 41.7 Å². The standard InChI is InChI=1S/C18H25N3O4S2/c22-17-9-15(11-21(17)16-2-8-27(24,25)13-16)18(23)20-5-3-19(4-6-20)10-14-1-7-26-12-14/h1,7,12,15-16H,2-6,8-11,13H2/t15-,16+/m0/s1. The summed E-state index contributed by atoms with van der Waals surface area (Å²) < 4.78 is 23.4. The Morgan fingerprint density at radius 1 is 1.22 bits per heavy atom. The second-order valence-electron chi connectivity index (χ2n) is 7.74. The summed E-state index contributed by atoms with van der Waals surface area (Å²) in [5.74, 6) is -0.176. The minimum atomic E-state index is -3.04. The molecule has 27 heavy (non-hydrogen) atoms. The van der Waals surface area contributed by atoms with Crippen LogP contribution in [0.15, 0.2) is 16.8 Å². The fourth-order valence-electron chi connectivity index (χ4n) is 4.30. The summed E-state index contributed by atoms with van der Waals surface area (Å²) in [4.78, 5) is 31.1. The lowest BCUT2D eigenvalue weighted by Crippen LogP contribution is -2.50. The van der Waals surface area contributed by atoms with Crippen molar-refractivity contribution in [3.63, 3.8) is 0 Å². The largest absolute Gasteiger partial charge is 0.340 e. The van der Waals surface area contributed by atoms with E-state index in [1.165, 1.54) is 5.56 Å². The van der Waals surface area contributed by atoms with E-state index in [9.17, 15) is 18.0 Å². The van der Waals surface area contributed by atoms with E-state index in [2.05, 4.69) is 21.7 Å². The molecule has 2 amide bonds. The maximum absolute atomic E-state index is 12.9. The van der Waals surface area contributed by atoms with E-state index < -0.39 is 9.84 Å². The van der Waals surface area contributed by atoms with Gasteiger partial charge in [0.25, 0.3) is 0 Å². The molecule has 0 N–H and O–H groups in total. The van der Waals surface area contributed by atoms with Crippen LogP contribution in [-0.2, 0) is 26.0 Å². The number of sulfone groups is 1. The summed E-state index contributed by atoms with van der Waals surface area (Å²) in [6, 6.07) is 1.88. The first-order valence-corrected chi connectivity index (χ1v) is 12.2. The van der Waals surface area contributed by atoms with Crippen LogP contribution >= 0.6 is 11.3 Å². The molecular weight excluding hydrogens is 386 g/mol. The number of likely N-dealkylation sites (tertiary alicyclic amines) is 1. The molecule has 1 aromatic rings. The lowest BCUT2D eigenvalue weighted by atomic mass is 10.1. The first-order chi connectivity index (χ1) is 12.9. The quantitative estimate of drug-likeness (QED) is 0.718. The third-order valence-corrected chi connectivity index (χ3v) is 8.31. The summed E-state index contributed by atoms with van der Waals surface area (Å²) in [6.45, 7) is 4.33. The van der Waals surface area contributed by atoms with Crippen LogP contribution in [-0.4, -0.2) is 85.2 Å². The number of carbonyl (C=O) groups excluding carboxylic acids is 2. The van der Waals surface area contributed by atoms with Crippen LogP contribution < -0.4 is 0 Å². The minimum absolute atomic E-state index is 0.0426. The van der Waals surface area contributed by atoms with Gasteiger partial charge in [-0.05, 0) is 28.8 Å². The van der Waals surface area contributed by atoms with Crippen molar-refractivity contribution in [2.45, 2.75) is 25.4 Å². The highest BCUT2D eigenvalue weighted by Gasteiger charge is 2.43. The van der Waals surface area contributed by atoms with Crippen molar-refractivity contribution < 1.29 is 18.0 Å². The molecule has 0 bridgehead atoms. The molecule has 3 fully saturated rings. The van der Waals surface area contributed by atoms with Crippen LogP contribution in [0.3, 0.4) is 0 Å². The Bertz CT molecular complexity index is 801. The Morgan fingerprint density at radius 2 is 2.00 bits per heavy atom. The Balaban J connectivity index is 1.29. The summed E-state index contributed by atoms with van der Waals surface area (Å²) in [7, 11) is -3.04.